The van der Waals surface area contributed by atoms with Gasteiger partial charge in [0, 0.05) is 26.2 Å². The summed E-state index contributed by atoms with van der Waals surface area (Å²) in [5.41, 5.74) is -8.92. The maximum absolute atomic E-state index is 13.6. The van der Waals surface area contributed by atoms with Crippen molar-refractivity contribution in [1.82, 2.24) is 14.7 Å². The largest absolute Gasteiger partial charge is 0.502 e. The Kier molecular flexibility index (Phi) is 7.83. The van der Waals surface area contributed by atoms with E-state index in [4.69, 9.17) is 27.9 Å². The molecule has 0 bridgehead atoms. The third-order valence-corrected chi connectivity index (χ3v) is 7.26. The maximum Gasteiger partial charge on any atom is 0.502 e. The van der Waals surface area contributed by atoms with Crippen molar-refractivity contribution >= 4 is 45.0 Å². The van der Waals surface area contributed by atoms with Crippen LogP contribution in [0.4, 0.5) is 37.0 Å². The molecule has 0 saturated carbocycles. The highest BCUT2D eigenvalue weighted by Crippen LogP contribution is 2.43. The Morgan fingerprint density at radius 1 is 1.11 bits per heavy atom. The predicted molar refractivity (Wildman–Crippen MR) is 117 cm³/mol. The smallest absolute Gasteiger partial charge is 0.450 e. The number of halogens is 8. The van der Waals surface area contributed by atoms with E-state index >= 15 is 0 Å². The molecule has 0 radical (unpaired) electrons. The normalized spacial score (nSPS) is 15.0. The SMILES string of the molecule is CCOC(=O)N1CCN(c2c(S(=O)(=O)C(F)(F)F)c(C#N)nn2-c2c(Cl)cc(C(F)(F)F)cc2Cl)CC1. The Bertz CT molecular complexity index is 1340. The second-order valence-corrected chi connectivity index (χ2v) is 10.1. The van der Waals surface area contributed by atoms with Gasteiger partial charge in [0.1, 0.15) is 11.8 Å². The van der Waals surface area contributed by atoms with Gasteiger partial charge in [-0.25, -0.2) is 17.9 Å². The standard InChI is InChI=1S/C19H15Cl2F6N5O4S/c1-2-36-17(33)31-5-3-30(4-6-31)16-15(37(34,35)19(25,26)27)13(9-28)29-32(16)14-11(20)7-10(8-12(14)21)18(22,23)24/h7-8H,2-6H2,1H3. The number of hydrogen-bond acceptors (Lipinski definition) is 7. The van der Waals surface area contributed by atoms with E-state index in [9.17, 15) is 44.8 Å². The van der Waals surface area contributed by atoms with Gasteiger partial charge < -0.3 is 14.5 Å². The van der Waals surface area contributed by atoms with Gasteiger partial charge in [-0.3, -0.25) is 0 Å². The van der Waals surface area contributed by atoms with Crippen LogP contribution < -0.4 is 4.90 Å². The minimum Gasteiger partial charge on any atom is -0.450 e. The Balaban J connectivity index is 2.27. The number of carbonyl (C=O) groups excluding carboxylic acids is 1. The van der Waals surface area contributed by atoms with Crippen LogP contribution in [0.15, 0.2) is 17.0 Å². The van der Waals surface area contributed by atoms with Gasteiger partial charge >= 0.3 is 17.8 Å². The lowest BCUT2D eigenvalue weighted by Gasteiger charge is -2.36. The number of aromatic nitrogens is 2. The number of carbonyl (C=O) groups is 1. The molecule has 1 aliphatic heterocycles. The van der Waals surface area contributed by atoms with Crippen LogP contribution >= 0.6 is 23.2 Å². The molecular formula is C19H15Cl2F6N5O4S. The second kappa shape index (κ2) is 10.1. The van der Waals surface area contributed by atoms with E-state index in [2.05, 4.69) is 5.10 Å². The van der Waals surface area contributed by atoms with Crippen molar-refractivity contribution in [3.05, 3.63) is 33.4 Å². The number of nitrogens with zero attached hydrogens (tertiary/aromatic N) is 5. The Hall–Kier alpha value is -2.90. The van der Waals surface area contributed by atoms with Gasteiger partial charge in [0.15, 0.2) is 16.4 Å². The summed E-state index contributed by atoms with van der Waals surface area (Å²) in [6.07, 6.45) is -5.60. The van der Waals surface area contributed by atoms with Gasteiger partial charge in [-0.2, -0.15) is 36.7 Å². The molecule has 1 aromatic heterocycles. The van der Waals surface area contributed by atoms with Crippen LogP contribution in [0.25, 0.3) is 5.69 Å². The average molecular weight is 594 g/mol. The van der Waals surface area contributed by atoms with Crippen LogP contribution in [0.2, 0.25) is 10.0 Å². The summed E-state index contributed by atoms with van der Waals surface area (Å²) in [6, 6.07) is 2.13. The topological polar surface area (TPSA) is 109 Å². The second-order valence-electron chi connectivity index (χ2n) is 7.43. The van der Waals surface area contributed by atoms with Crippen molar-refractivity contribution in [2.24, 2.45) is 0 Å². The fourth-order valence-electron chi connectivity index (χ4n) is 3.51. The quantitative estimate of drug-likeness (QED) is 0.475. The van der Waals surface area contributed by atoms with Crippen LogP contribution in [0.5, 0.6) is 0 Å². The van der Waals surface area contributed by atoms with Crippen molar-refractivity contribution in [3.63, 3.8) is 0 Å². The van der Waals surface area contributed by atoms with Crippen LogP contribution in [0, 0.1) is 11.3 Å². The summed E-state index contributed by atoms with van der Waals surface area (Å²) in [7, 11) is -6.20. The molecule has 1 fully saturated rings. The van der Waals surface area contributed by atoms with Crippen molar-refractivity contribution < 1.29 is 44.3 Å². The Morgan fingerprint density at radius 2 is 1.65 bits per heavy atom. The first-order chi connectivity index (χ1) is 17.0. The zero-order valence-corrected chi connectivity index (χ0v) is 20.8. The zero-order valence-electron chi connectivity index (χ0n) is 18.5. The highest BCUT2D eigenvalue weighted by molar-refractivity contribution is 7.92. The first kappa shape index (κ1) is 28.7. The van der Waals surface area contributed by atoms with Crippen LogP contribution in [0.3, 0.4) is 0 Å². The summed E-state index contributed by atoms with van der Waals surface area (Å²) >= 11 is 12.0. The molecule has 2 aromatic rings. The molecule has 1 amide bonds. The number of amides is 1. The lowest BCUT2D eigenvalue weighted by Crippen LogP contribution is -2.49. The molecule has 3 rings (SSSR count). The van der Waals surface area contributed by atoms with E-state index in [1.54, 1.807) is 6.92 Å². The Labute approximate surface area is 215 Å². The monoisotopic (exact) mass is 593 g/mol. The summed E-state index contributed by atoms with van der Waals surface area (Å²) in [6.45, 7) is 0.827. The number of ether oxygens (including phenoxy) is 1. The molecule has 0 spiro atoms. The predicted octanol–water partition coefficient (Wildman–Crippen LogP) is 4.64. The van der Waals surface area contributed by atoms with Crippen LogP contribution in [0.1, 0.15) is 18.2 Å². The van der Waals surface area contributed by atoms with Gasteiger partial charge in [-0.05, 0) is 19.1 Å². The van der Waals surface area contributed by atoms with Crippen molar-refractivity contribution in [1.29, 1.82) is 5.26 Å². The number of nitriles is 1. The average Bonchev–Trinajstić information content (AvgIpc) is 3.17. The molecule has 0 unspecified atom stereocenters. The molecule has 1 aromatic carbocycles. The van der Waals surface area contributed by atoms with Gasteiger partial charge in [-0.15, -0.1) is 0 Å². The van der Waals surface area contributed by atoms with Crippen molar-refractivity contribution in [3.8, 4) is 11.8 Å². The lowest BCUT2D eigenvalue weighted by atomic mass is 10.2. The molecule has 37 heavy (non-hydrogen) atoms. The third-order valence-electron chi connectivity index (χ3n) is 5.16. The fourth-order valence-corrected chi connectivity index (χ4v) is 5.19. The van der Waals surface area contributed by atoms with E-state index in [1.165, 1.54) is 11.0 Å². The van der Waals surface area contributed by atoms with E-state index in [0.717, 1.165) is 4.90 Å². The number of piperazine rings is 1. The highest BCUT2D eigenvalue weighted by atomic mass is 35.5. The van der Waals surface area contributed by atoms with E-state index in [-0.39, 0.29) is 32.8 Å². The van der Waals surface area contributed by atoms with Crippen molar-refractivity contribution in [2.75, 3.05) is 37.7 Å². The molecule has 202 valence electrons. The molecule has 0 atom stereocenters. The molecule has 1 saturated heterocycles. The van der Waals surface area contributed by atoms with Gasteiger partial charge in [0.25, 0.3) is 9.84 Å². The molecular weight excluding hydrogens is 579 g/mol. The number of rotatable bonds is 4. The number of anilines is 1. The zero-order chi connectivity index (χ0) is 27.9. The summed E-state index contributed by atoms with van der Waals surface area (Å²) in [4.78, 5) is 12.8. The molecule has 18 heteroatoms. The molecule has 1 aliphatic rings. The highest BCUT2D eigenvalue weighted by Gasteiger charge is 2.52. The summed E-state index contributed by atoms with van der Waals surface area (Å²) in [5, 5.41) is 11.6. The minimum atomic E-state index is -6.20. The maximum atomic E-state index is 13.6. The summed E-state index contributed by atoms with van der Waals surface area (Å²) in [5.74, 6) is -0.805. The van der Waals surface area contributed by atoms with E-state index < -0.39 is 65.3 Å². The number of hydrogen-bond donors (Lipinski definition) is 0. The van der Waals surface area contributed by atoms with E-state index in [0.29, 0.717) is 16.8 Å². The molecule has 2 heterocycles. The first-order valence-corrected chi connectivity index (χ1v) is 12.4. The number of alkyl halides is 6. The lowest BCUT2D eigenvalue weighted by molar-refractivity contribution is -0.137. The first-order valence-electron chi connectivity index (χ1n) is 10.1. The third kappa shape index (κ3) is 5.39. The fraction of sp³-hybridized carbons (Fsp3) is 0.421. The number of sulfone groups is 1. The molecule has 0 aliphatic carbocycles. The van der Waals surface area contributed by atoms with Crippen LogP contribution in [-0.4, -0.2) is 67.5 Å². The van der Waals surface area contributed by atoms with Crippen molar-refractivity contribution in [2.45, 2.75) is 23.5 Å². The minimum absolute atomic E-state index is 0.0518. The molecule has 9 nitrogen and oxygen atoms in total. The summed E-state index contributed by atoms with van der Waals surface area (Å²) < 4.78 is 111. The molecule has 0 N–H and O–H groups in total. The van der Waals surface area contributed by atoms with Gasteiger partial charge in [0.05, 0.1) is 22.2 Å². The number of benzene rings is 1. The van der Waals surface area contributed by atoms with E-state index in [1.807, 2.05) is 0 Å². The Morgan fingerprint density at radius 3 is 2.08 bits per heavy atom. The van der Waals surface area contributed by atoms with Gasteiger partial charge in [-0.1, -0.05) is 23.2 Å². The van der Waals surface area contributed by atoms with Gasteiger partial charge in [0.2, 0.25) is 0 Å². The van der Waals surface area contributed by atoms with Crippen LogP contribution in [-0.2, 0) is 20.8 Å².